The predicted octanol–water partition coefficient (Wildman–Crippen LogP) is 4.06. The fourth-order valence-electron chi connectivity index (χ4n) is 1.94. The van der Waals surface area contributed by atoms with Crippen LogP contribution in [-0.4, -0.2) is 0 Å². The standard InChI is InChI=1S/C11H23/c1-6-10(7-2)11(5,8-3)9-4/h10H,3,6-9H2,1-2,4-5H3. The molecular formula is C11H23. The van der Waals surface area contributed by atoms with Crippen molar-refractivity contribution in [3.05, 3.63) is 6.92 Å². The molecule has 0 heteroatoms. The smallest absolute Gasteiger partial charge is 0.0300 e. The maximum absolute atomic E-state index is 4.05. The summed E-state index contributed by atoms with van der Waals surface area (Å²) in [6.45, 7) is 13.3. The van der Waals surface area contributed by atoms with Gasteiger partial charge in [-0.15, -0.1) is 0 Å². The van der Waals surface area contributed by atoms with Gasteiger partial charge in [-0.1, -0.05) is 53.9 Å². The van der Waals surface area contributed by atoms with Gasteiger partial charge < -0.3 is 0 Å². The van der Waals surface area contributed by atoms with Crippen molar-refractivity contribution in [3.63, 3.8) is 0 Å². The normalized spacial score (nSPS) is 12.5. The highest BCUT2D eigenvalue weighted by Crippen LogP contribution is 2.38. The Kier molecular flexibility index (Phi) is 4.79. The Morgan fingerprint density at radius 3 is 1.73 bits per heavy atom. The van der Waals surface area contributed by atoms with Crippen LogP contribution in [0.3, 0.4) is 0 Å². The minimum atomic E-state index is 0.490. The van der Waals surface area contributed by atoms with Gasteiger partial charge in [-0.3, -0.25) is 0 Å². The van der Waals surface area contributed by atoms with Gasteiger partial charge in [0.15, 0.2) is 0 Å². The van der Waals surface area contributed by atoms with Gasteiger partial charge in [0.05, 0.1) is 0 Å². The lowest BCUT2D eigenvalue weighted by molar-refractivity contribution is 0.167. The summed E-state index contributed by atoms with van der Waals surface area (Å²) in [7, 11) is 0. The van der Waals surface area contributed by atoms with Crippen LogP contribution < -0.4 is 0 Å². The van der Waals surface area contributed by atoms with E-state index in [9.17, 15) is 0 Å². The molecule has 0 bridgehead atoms. The first-order valence-corrected chi connectivity index (χ1v) is 4.93. The molecule has 0 aromatic rings. The molecule has 0 fully saturated rings. The van der Waals surface area contributed by atoms with E-state index in [2.05, 4.69) is 34.6 Å². The van der Waals surface area contributed by atoms with E-state index < -0.39 is 0 Å². The molecule has 11 heavy (non-hydrogen) atoms. The Hall–Kier alpha value is 0. The lowest BCUT2D eigenvalue weighted by Gasteiger charge is -2.35. The van der Waals surface area contributed by atoms with Crippen LogP contribution in [0, 0.1) is 18.3 Å². The quantitative estimate of drug-likeness (QED) is 0.561. The Bertz CT molecular complexity index is 86.2. The summed E-state index contributed by atoms with van der Waals surface area (Å²) in [6, 6.07) is 0. The van der Waals surface area contributed by atoms with Crippen molar-refractivity contribution in [1.29, 1.82) is 0 Å². The molecule has 1 atom stereocenters. The van der Waals surface area contributed by atoms with Crippen molar-refractivity contribution in [2.75, 3.05) is 0 Å². The molecule has 0 aliphatic heterocycles. The Balaban J connectivity index is 4.19. The van der Waals surface area contributed by atoms with Crippen molar-refractivity contribution in [3.8, 4) is 0 Å². The molecule has 0 nitrogen and oxygen atoms in total. The maximum atomic E-state index is 4.05. The molecule has 0 rings (SSSR count). The third-order valence-corrected chi connectivity index (χ3v) is 3.35. The van der Waals surface area contributed by atoms with Crippen LogP contribution in [0.4, 0.5) is 0 Å². The topological polar surface area (TPSA) is 0 Å². The molecule has 1 unspecified atom stereocenters. The van der Waals surface area contributed by atoms with E-state index in [1.807, 2.05) is 0 Å². The summed E-state index contributed by atoms with van der Waals surface area (Å²) in [6.07, 6.45) is 4.95. The van der Waals surface area contributed by atoms with Gasteiger partial charge >= 0.3 is 0 Å². The van der Waals surface area contributed by atoms with Crippen molar-refractivity contribution >= 4 is 0 Å². The molecule has 1 radical (unpaired) electrons. The van der Waals surface area contributed by atoms with Crippen LogP contribution in [0.5, 0.6) is 0 Å². The van der Waals surface area contributed by atoms with Crippen LogP contribution in [0.15, 0.2) is 0 Å². The highest BCUT2D eigenvalue weighted by molar-refractivity contribution is 4.80. The summed E-state index contributed by atoms with van der Waals surface area (Å²) >= 11 is 0. The highest BCUT2D eigenvalue weighted by Gasteiger charge is 2.27. The zero-order valence-electron chi connectivity index (χ0n) is 8.61. The van der Waals surface area contributed by atoms with Crippen LogP contribution in [-0.2, 0) is 0 Å². The fourth-order valence-corrected chi connectivity index (χ4v) is 1.94. The Labute approximate surface area is 72.4 Å². The zero-order valence-corrected chi connectivity index (χ0v) is 8.61. The number of rotatable bonds is 5. The molecule has 0 spiro atoms. The molecule has 0 amide bonds. The van der Waals surface area contributed by atoms with Gasteiger partial charge in [0, 0.05) is 0 Å². The van der Waals surface area contributed by atoms with E-state index >= 15 is 0 Å². The van der Waals surface area contributed by atoms with Crippen molar-refractivity contribution in [1.82, 2.24) is 0 Å². The number of hydrogen-bond donors (Lipinski definition) is 0. The first kappa shape index (κ1) is 11.0. The molecule has 0 aromatic carbocycles. The number of hydrogen-bond acceptors (Lipinski definition) is 0. The van der Waals surface area contributed by atoms with Gasteiger partial charge in [0.25, 0.3) is 0 Å². The maximum Gasteiger partial charge on any atom is -0.0300 e. The fraction of sp³-hybridized carbons (Fsp3) is 0.909. The second-order valence-electron chi connectivity index (χ2n) is 3.77. The Morgan fingerprint density at radius 1 is 1.18 bits per heavy atom. The first-order valence-electron chi connectivity index (χ1n) is 4.93. The predicted molar refractivity (Wildman–Crippen MR) is 52.4 cm³/mol. The van der Waals surface area contributed by atoms with E-state index in [1.54, 1.807) is 0 Å². The monoisotopic (exact) mass is 155 g/mol. The van der Waals surface area contributed by atoms with Gasteiger partial charge in [-0.25, -0.2) is 0 Å². The average Bonchev–Trinajstić information content (AvgIpc) is 2.06. The lowest BCUT2D eigenvalue weighted by atomic mass is 9.71. The van der Waals surface area contributed by atoms with Gasteiger partial charge in [0.1, 0.15) is 0 Å². The largest absolute Gasteiger partial charge is 0.0651 e. The van der Waals surface area contributed by atoms with Crippen LogP contribution in [0.1, 0.15) is 53.4 Å². The summed E-state index contributed by atoms with van der Waals surface area (Å²) in [4.78, 5) is 0. The molecule has 0 N–H and O–H groups in total. The van der Waals surface area contributed by atoms with E-state index in [1.165, 1.54) is 19.3 Å². The molecule has 0 saturated heterocycles. The molecule has 0 heterocycles. The summed E-state index contributed by atoms with van der Waals surface area (Å²) in [5.41, 5.74) is 0.490. The average molecular weight is 155 g/mol. The third-order valence-electron chi connectivity index (χ3n) is 3.35. The van der Waals surface area contributed by atoms with Crippen molar-refractivity contribution < 1.29 is 0 Å². The molecule has 0 aliphatic carbocycles. The molecule has 0 aliphatic rings. The molecule has 0 aromatic heterocycles. The second-order valence-corrected chi connectivity index (χ2v) is 3.77. The van der Waals surface area contributed by atoms with Crippen LogP contribution >= 0.6 is 0 Å². The Morgan fingerprint density at radius 2 is 1.64 bits per heavy atom. The van der Waals surface area contributed by atoms with Gasteiger partial charge in [-0.05, 0) is 17.8 Å². The van der Waals surface area contributed by atoms with E-state index in [-0.39, 0.29) is 0 Å². The lowest BCUT2D eigenvalue weighted by Crippen LogP contribution is -2.25. The summed E-state index contributed by atoms with van der Waals surface area (Å²) in [5, 5.41) is 0. The van der Waals surface area contributed by atoms with Crippen LogP contribution in [0.2, 0.25) is 0 Å². The van der Waals surface area contributed by atoms with E-state index in [4.69, 9.17) is 0 Å². The van der Waals surface area contributed by atoms with Gasteiger partial charge in [0.2, 0.25) is 0 Å². The first-order chi connectivity index (χ1) is 5.14. The highest BCUT2D eigenvalue weighted by atomic mass is 14.3. The van der Waals surface area contributed by atoms with Crippen molar-refractivity contribution in [2.24, 2.45) is 11.3 Å². The second kappa shape index (κ2) is 4.79. The minimum Gasteiger partial charge on any atom is -0.0651 e. The minimum absolute atomic E-state index is 0.490. The summed E-state index contributed by atoms with van der Waals surface area (Å²) < 4.78 is 0. The summed E-state index contributed by atoms with van der Waals surface area (Å²) in [5.74, 6) is 0.866. The van der Waals surface area contributed by atoms with Crippen LogP contribution in [0.25, 0.3) is 0 Å². The van der Waals surface area contributed by atoms with E-state index in [0.717, 1.165) is 12.3 Å². The molecular weight excluding hydrogens is 132 g/mol. The SMILES string of the molecule is [CH2]CC(C)(CC)C(CC)CC. The third kappa shape index (κ3) is 2.50. The molecule has 0 saturated carbocycles. The zero-order chi connectivity index (χ0) is 8.91. The molecule has 67 valence electrons. The van der Waals surface area contributed by atoms with Crippen molar-refractivity contribution in [2.45, 2.75) is 53.4 Å². The van der Waals surface area contributed by atoms with Gasteiger partial charge in [-0.2, -0.15) is 0 Å². The van der Waals surface area contributed by atoms with E-state index in [0.29, 0.717) is 5.41 Å².